The van der Waals surface area contributed by atoms with Crippen LogP contribution in [-0.2, 0) is 41.8 Å². The molecule has 248 valence electrons. The summed E-state index contributed by atoms with van der Waals surface area (Å²) in [4.78, 5) is 24.6. The quantitative estimate of drug-likeness (QED) is 0.215. The SMILES string of the molecule is COc1cc(OC)c2c(O)c3c(c(-c4c(O)cc(OC)c5c(O)c6c(cc45)C(OC(C)=O)C(C)OC6)c2c1)C(OC(C)=O)C(C)OC3. The number of carbonyl (C=O) groups is 2. The molecule has 0 fully saturated rings. The first-order valence-electron chi connectivity index (χ1n) is 15.0. The van der Waals surface area contributed by atoms with Crippen LogP contribution in [0, 0.1) is 0 Å². The maximum Gasteiger partial charge on any atom is 0.303 e. The molecule has 2 aliphatic heterocycles. The summed E-state index contributed by atoms with van der Waals surface area (Å²) in [6, 6.07) is 6.42. The van der Waals surface area contributed by atoms with E-state index in [1.807, 2.05) is 0 Å². The monoisotopic (exact) mass is 648 g/mol. The second-order valence-corrected chi connectivity index (χ2v) is 11.6. The van der Waals surface area contributed by atoms with Gasteiger partial charge in [-0.05, 0) is 26.0 Å². The van der Waals surface area contributed by atoms with Gasteiger partial charge in [0.2, 0.25) is 0 Å². The highest BCUT2D eigenvalue weighted by Crippen LogP contribution is 2.56. The Morgan fingerprint density at radius 2 is 1.23 bits per heavy atom. The molecular weight excluding hydrogens is 612 g/mol. The Balaban J connectivity index is 1.86. The van der Waals surface area contributed by atoms with Gasteiger partial charge in [-0.15, -0.1) is 0 Å². The van der Waals surface area contributed by atoms with Gasteiger partial charge < -0.3 is 48.5 Å². The van der Waals surface area contributed by atoms with E-state index in [1.54, 1.807) is 32.0 Å². The first kappa shape index (κ1) is 32.0. The van der Waals surface area contributed by atoms with Crippen molar-refractivity contribution in [1.29, 1.82) is 0 Å². The van der Waals surface area contributed by atoms with E-state index in [-0.39, 0.29) is 52.9 Å². The molecular formula is C35H36O12. The van der Waals surface area contributed by atoms with Crippen LogP contribution in [0.15, 0.2) is 24.3 Å². The molecule has 0 spiro atoms. The van der Waals surface area contributed by atoms with Crippen molar-refractivity contribution in [3.63, 3.8) is 0 Å². The molecule has 12 heteroatoms. The first-order chi connectivity index (χ1) is 22.4. The lowest BCUT2D eigenvalue weighted by Crippen LogP contribution is -2.29. The first-order valence-corrected chi connectivity index (χ1v) is 15.0. The van der Waals surface area contributed by atoms with Crippen molar-refractivity contribution in [2.24, 2.45) is 0 Å². The summed E-state index contributed by atoms with van der Waals surface area (Å²) in [5.74, 6) is -0.859. The average molecular weight is 649 g/mol. The number of hydrogen-bond acceptors (Lipinski definition) is 12. The predicted molar refractivity (Wildman–Crippen MR) is 169 cm³/mol. The fourth-order valence-corrected chi connectivity index (χ4v) is 6.79. The third kappa shape index (κ3) is 5.08. The molecule has 4 unspecified atom stereocenters. The smallest absolute Gasteiger partial charge is 0.303 e. The van der Waals surface area contributed by atoms with Crippen molar-refractivity contribution in [3.05, 3.63) is 46.5 Å². The van der Waals surface area contributed by atoms with Gasteiger partial charge in [-0.25, -0.2) is 0 Å². The molecule has 2 heterocycles. The molecule has 4 atom stereocenters. The largest absolute Gasteiger partial charge is 0.507 e. The Kier molecular flexibility index (Phi) is 8.18. The number of methoxy groups -OCH3 is 3. The lowest BCUT2D eigenvalue weighted by molar-refractivity contribution is -0.158. The highest BCUT2D eigenvalue weighted by atomic mass is 16.6. The van der Waals surface area contributed by atoms with Crippen LogP contribution < -0.4 is 14.2 Å². The van der Waals surface area contributed by atoms with Crippen LogP contribution in [-0.4, -0.2) is 60.8 Å². The molecule has 2 aliphatic rings. The summed E-state index contributed by atoms with van der Waals surface area (Å²) in [7, 11) is 4.35. The lowest BCUT2D eigenvalue weighted by atomic mass is 9.80. The Hall–Kier alpha value is -4.94. The van der Waals surface area contributed by atoms with Gasteiger partial charge in [0.15, 0.2) is 12.2 Å². The second kappa shape index (κ2) is 12.0. The Bertz CT molecular complexity index is 1950. The molecule has 12 nitrogen and oxygen atoms in total. The van der Waals surface area contributed by atoms with Crippen LogP contribution in [0.1, 0.15) is 62.2 Å². The van der Waals surface area contributed by atoms with Crippen molar-refractivity contribution in [2.75, 3.05) is 21.3 Å². The minimum absolute atomic E-state index is 0.0325. The zero-order valence-electron chi connectivity index (χ0n) is 27.0. The number of aromatic hydroxyl groups is 3. The third-order valence-corrected chi connectivity index (χ3v) is 8.88. The molecule has 0 aromatic heterocycles. The van der Waals surface area contributed by atoms with E-state index >= 15 is 0 Å². The topological polar surface area (TPSA) is 159 Å². The van der Waals surface area contributed by atoms with Crippen molar-refractivity contribution in [1.82, 2.24) is 0 Å². The summed E-state index contributed by atoms with van der Waals surface area (Å²) in [6.45, 7) is 6.05. The number of hydrogen-bond donors (Lipinski definition) is 3. The Labute approximate surface area is 270 Å². The van der Waals surface area contributed by atoms with Crippen molar-refractivity contribution >= 4 is 33.5 Å². The number of phenolic OH excluding ortho intramolecular Hbond substituents is 3. The van der Waals surface area contributed by atoms with Crippen LogP contribution in [0.25, 0.3) is 32.7 Å². The summed E-state index contributed by atoms with van der Waals surface area (Å²) in [6.07, 6.45) is -3.08. The van der Waals surface area contributed by atoms with Gasteiger partial charge in [0.25, 0.3) is 0 Å². The highest BCUT2D eigenvalue weighted by molar-refractivity contribution is 6.15. The molecule has 4 aromatic carbocycles. The molecule has 3 N–H and O–H groups in total. The Morgan fingerprint density at radius 3 is 1.83 bits per heavy atom. The summed E-state index contributed by atoms with van der Waals surface area (Å²) < 4.78 is 40.3. The van der Waals surface area contributed by atoms with Crippen molar-refractivity contribution in [3.8, 4) is 45.6 Å². The summed E-state index contributed by atoms with van der Waals surface area (Å²) in [5.41, 5.74) is 2.20. The standard InChI is InChI=1S/C35H36O12/c1-14-34(46-16(3)36)19-10-21-27(24(38)11-26(43-7)29(21)32(39)22(19)12-44-14)30-20-8-18(41-5)9-25(42-6)28(20)33(40)23-13-45-15(2)35(31(23)30)47-17(4)37/h8-11,14-15,34-35,38-40H,12-13H2,1-7H3. The van der Waals surface area contributed by atoms with E-state index in [1.165, 1.54) is 41.2 Å². The predicted octanol–water partition coefficient (Wildman–Crippen LogP) is 5.85. The summed E-state index contributed by atoms with van der Waals surface area (Å²) >= 11 is 0. The third-order valence-electron chi connectivity index (χ3n) is 8.88. The minimum Gasteiger partial charge on any atom is -0.507 e. The molecule has 0 bridgehead atoms. The molecule has 0 saturated heterocycles. The van der Waals surface area contributed by atoms with Crippen molar-refractivity contribution < 1.29 is 58.1 Å². The van der Waals surface area contributed by atoms with E-state index in [4.69, 9.17) is 33.2 Å². The number of esters is 2. The molecule has 47 heavy (non-hydrogen) atoms. The van der Waals surface area contributed by atoms with E-state index in [9.17, 15) is 24.9 Å². The fourth-order valence-electron chi connectivity index (χ4n) is 6.79. The Morgan fingerprint density at radius 1 is 0.702 bits per heavy atom. The maximum absolute atomic E-state index is 12.5. The fraction of sp³-hybridized carbons (Fsp3) is 0.371. The van der Waals surface area contributed by atoms with Crippen LogP contribution in [0.2, 0.25) is 0 Å². The van der Waals surface area contributed by atoms with Crippen LogP contribution in [0.3, 0.4) is 0 Å². The number of phenols is 3. The van der Waals surface area contributed by atoms with Crippen LogP contribution >= 0.6 is 0 Å². The highest BCUT2D eigenvalue weighted by Gasteiger charge is 2.39. The van der Waals surface area contributed by atoms with Gasteiger partial charge in [0.05, 0.1) is 57.5 Å². The summed E-state index contributed by atoms with van der Waals surface area (Å²) in [5, 5.41) is 36.8. The van der Waals surface area contributed by atoms with Crippen molar-refractivity contribution in [2.45, 2.75) is 65.3 Å². The number of ether oxygens (including phenoxy) is 7. The lowest BCUT2D eigenvalue weighted by Gasteiger charge is -2.35. The van der Waals surface area contributed by atoms with Gasteiger partial charge in [0.1, 0.15) is 34.5 Å². The molecule has 0 amide bonds. The van der Waals surface area contributed by atoms with Gasteiger partial charge in [0, 0.05) is 70.1 Å². The maximum atomic E-state index is 12.5. The zero-order valence-corrected chi connectivity index (χ0v) is 27.0. The average Bonchev–Trinajstić information content (AvgIpc) is 3.03. The normalized spacial score (nSPS) is 20.3. The number of rotatable bonds is 6. The molecule has 0 saturated carbocycles. The molecule has 0 radical (unpaired) electrons. The van der Waals surface area contributed by atoms with Gasteiger partial charge in [-0.2, -0.15) is 0 Å². The van der Waals surface area contributed by atoms with Crippen LogP contribution in [0.4, 0.5) is 0 Å². The van der Waals surface area contributed by atoms with Crippen LogP contribution in [0.5, 0.6) is 34.5 Å². The molecule has 0 aliphatic carbocycles. The number of fused-ring (bicyclic) bond motifs is 4. The van der Waals surface area contributed by atoms with Gasteiger partial charge in [-0.1, -0.05) is 0 Å². The van der Waals surface area contributed by atoms with E-state index in [2.05, 4.69) is 0 Å². The van der Waals surface area contributed by atoms with E-state index in [0.717, 1.165) is 0 Å². The van der Waals surface area contributed by atoms with E-state index in [0.29, 0.717) is 49.7 Å². The van der Waals surface area contributed by atoms with Gasteiger partial charge >= 0.3 is 11.9 Å². The number of benzene rings is 4. The van der Waals surface area contributed by atoms with E-state index < -0.39 is 36.4 Å². The molecule has 4 aromatic rings. The molecule has 6 rings (SSSR count). The minimum atomic E-state index is -1.01. The second-order valence-electron chi connectivity index (χ2n) is 11.6. The van der Waals surface area contributed by atoms with Gasteiger partial charge in [-0.3, -0.25) is 9.59 Å². The number of carbonyl (C=O) groups excluding carboxylic acids is 2. The zero-order chi connectivity index (χ0) is 33.9.